The molecular weight excluding hydrogens is 448 g/mol. The summed E-state index contributed by atoms with van der Waals surface area (Å²) in [6, 6.07) is 22.9. The van der Waals surface area contributed by atoms with E-state index in [1.54, 1.807) is 23.5 Å². The Morgan fingerprint density at radius 2 is 1.61 bits per heavy atom. The van der Waals surface area contributed by atoms with Crippen LogP contribution in [-0.4, -0.2) is 24.1 Å². The number of thiophene rings is 1. The molecule has 7 heteroatoms. The molecule has 4 nitrogen and oxygen atoms in total. The first-order valence-electron chi connectivity index (χ1n) is 9.52. The Kier molecular flexibility index (Phi) is 4.93. The number of halogens is 1. The molecule has 3 heterocycles. The smallest absolute Gasteiger partial charge is 0.175 e. The van der Waals surface area contributed by atoms with Crippen LogP contribution in [0.25, 0.3) is 37.8 Å². The molecule has 5 aromatic rings. The molecule has 0 aliphatic rings. The average Bonchev–Trinajstić information content (AvgIpc) is 3.40. The summed E-state index contributed by atoms with van der Waals surface area (Å²) in [5.74, 6) is 0. The van der Waals surface area contributed by atoms with Crippen LogP contribution in [0, 0.1) is 0 Å². The van der Waals surface area contributed by atoms with E-state index < -0.39 is 9.84 Å². The molecule has 0 bridgehead atoms. The van der Waals surface area contributed by atoms with Crippen molar-refractivity contribution >= 4 is 38.4 Å². The lowest BCUT2D eigenvalue weighted by atomic mass is 10.1. The lowest BCUT2D eigenvalue weighted by Crippen LogP contribution is -1.96. The van der Waals surface area contributed by atoms with E-state index in [1.807, 2.05) is 60.9 Å². The maximum absolute atomic E-state index is 11.7. The van der Waals surface area contributed by atoms with Crippen molar-refractivity contribution in [1.82, 2.24) is 9.38 Å². The van der Waals surface area contributed by atoms with Crippen LogP contribution in [0.15, 0.2) is 90.1 Å². The first-order chi connectivity index (χ1) is 14.9. The highest BCUT2D eigenvalue weighted by atomic mass is 35.5. The van der Waals surface area contributed by atoms with Gasteiger partial charge in [-0.05, 0) is 65.2 Å². The molecule has 0 spiro atoms. The number of hydrogen-bond donors (Lipinski definition) is 0. The van der Waals surface area contributed by atoms with E-state index in [0.717, 1.165) is 37.8 Å². The van der Waals surface area contributed by atoms with Gasteiger partial charge in [0.15, 0.2) is 9.84 Å². The molecule has 2 aromatic carbocycles. The van der Waals surface area contributed by atoms with Crippen LogP contribution in [0.3, 0.4) is 0 Å². The fourth-order valence-electron chi connectivity index (χ4n) is 3.50. The fourth-order valence-corrected chi connectivity index (χ4v) is 5.33. The summed E-state index contributed by atoms with van der Waals surface area (Å²) < 4.78 is 25.5. The van der Waals surface area contributed by atoms with Gasteiger partial charge in [-0.25, -0.2) is 13.4 Å². The Balaban J connectivity index is 1.54. The van der Waals surface area contributed by atoms with Gasteiger partial charge in [-0.15, -0.1) is 11.3 Å². The van der Waals surface area contributed by atoms with Crippen molar-refractivity contribution in [3.63, 3.8) is 0 Å². The minimum atomic E-state index is -3.22. The first-order valence-corrected chi connectivity index (χ1v) is 12.6. The Bertz CT molecular complexity index is 1520. The topological polar surface area (TPSA) is 51.4 Å². The zero-order chi connectivity index (χ0) is 21.6. The molecule has 5 rings (SSSR count). The van der Waals surface area contributed by atoms with Crippen LogP contribution in [0.2, 0.25) is 5.02 Å². The van der Waals surface area contributed by atoms with E-state index in [4.69, 9.17) is 11.6 Å². The summed E-state index contributed by atoms with van der Waals surface area (Å²) in [6.07, 6.45) is 5.12. The molecule has 154 valence electrons. The number of nitrogens with zero attached hydrogens (tertiary/aromatic N) is 2. The molecule has 0 N–H and O–H groups in total. The number of imidazole rings is 1. The highest BCUT2D eigenvalue weighted by Crippen LogP contribution is 2.36. The van der Waals surface area contributed by atoms with E-state index in [-0.39, 0.29) is 0 Å². The summed E-state index contributed by atoms with van der Waals surface area (Å²) in [4.78, 5) is 7.10. The maximum atomic E-state index is 11.7. The van der Waals surface area contributed by atoms with Gasteiger partial charge in [-0.3, -0.25) is 4.40 Å². The van der Waals surface area contributed by atoms with Gasteiger partial charge in [0.2, 0.25) is 0 Å². The number of hydrogen-bond acceptors (Lipinski definition) is 4. The van der Waals surface area contributed by atoms with E-state index in [9.17, 15) is 8.42 Å². The second-order valence-electron chi connectivity index (χ2n) is 7.26. The second-order valence-corrected chi connectivity index (χ2v) is 10.8. The molecule has 3 aromatic heterocycles. The van der Waals surface area contributed by atoms with Crippen molar-refractivity contribution in [3.05, 3.63) is 90.2 Å². The maximum Gasteiger partial charge on any atom is 0.175 e. The van der Waals surface area contributed by atoms with Crippen molar-refractivity contribution in [2.24, 2.45) is 0 Å². The molecule has 0 fully saturated rings. The molecular formula is C24H17ClN2O2S2. The molecule has 0 saturated carbocycles. The zero-order valence-corrected chi connectivity index (χ0v) is 18.9. The molecule has 0 atom stereocenters. The lowest BCUT2D eigenvalue weighted by Gasteiger charge is -2.06. The Hall–Kier alpha value is -2.93. The van der Waals surface area contributed by atoms with Gasteiger partial charge in [-0.1, -0.05) is 35.9 Å². The minimum absolute atomic E-state index is 0.313. The lowest BCUT2D eigenvalue weighted by molar-refractivity contribution is 0.602. The van der Waals surface area contributed by atoms with Gasteiger partial charge in [0.05, 0.1) is 21.7 Å². The summed E-state index contributed by atoms with van der Waals surface area (Å²) >= 11 is 7.83. The second kappa shape index (κ2) is 7.64. The molecule has 0 aliphatic heterocycles. The van der Waals surface area contributed by atoms with Crippen LogP contribution in [-0.2, 0) is 9.84 Å². The van der Waals surface area contributed by atoms with Gasteiger partial charge in [0.25, 0.3) is 0 Å². The van der Waals surface area contributed by atoms with E-state index in [1.165, 1.54) is 6.26 Å². The Morgan fingerprint density at radius 3 is 2.35 bits per heavy atom. The van der Waals surface area contributed by atoms with E-state index >= 15 is 0 Å². The normalized spacial score (nSPS) is 11.8. The van der Waals surface area contributed by atoms with Crippen molar-refractivity contribution in [1.29, 1.82) is 0 Å². The number of aromatic nitrogens is 2. The standard InChI is InChI=1S/C24H17ClN2O2S2/c1-31(28,29)20-8-5-16(6-9-20)18-7-12-24-26-14-21(27(24)15-18)23-11-10-22(30-23)17-3-2-4-19(25)13-17/h2-15H,1H3. The molecule has 31 heavy (non-hydrogen) atoms. The number of fused-ring (bicyclic) bond motifs is 1. The highest BCUT2D eigenvalue weighted by molar-refractivity contribution is 7.90. The molecule has 0 saturated heterocycles. The number of pyridine rings is 1. The van der Waals surface area contributed by atoms with Gasteiger partial charge in [0, 0.05) is 22.4 Å². The van der Waals surface area contributed by atoms with E-state index in [0.29, 0.717) is 9.92 Å². The summed E-state index contributed by atoms with van der Waals surface area (Å²) in [7, 11) is -3.22. The largest absolute Gasteiger partial charge is 0.298 e. The monoisotopic (exact) mass is 464 g/mol. The van der Waals surface area contributed by atoms with Crippen molar-refractivity contribution in [3.8, 4) is 32.1 Å². The minimum Gasteiger partial charge on any atom is -0.298 e. The highest BCUT2D eigenvalue weighted by Gasteiger charge is 2.12. The average molecular weight is 465 g/mol. The zero-order valence-electron chi connectivity index (χ0n) is 16.5. The van der Waals surface area contributed by atoms with Crippen molar-refractivity contribution in [2.75, 3.05) is 6.26 Å². The van der Waals surface area contributed by atoms with Crippen LogP contribution < -0.4 is 0 Å². The predicted molar refractivity (Wildman–Crippen MR) is 127 cm³/mol. The third-order valence-electron chi connectivity index (χ3n) is 5.09. The number of rotatable bonds is 4. The number of sulfone groups is 1. The van der Waals surface area contributed by atoms with Crippen molar-refractivity contribution < 1.29 is 8.42 Å². The number of benzene rings is 2. The van der Waals surface area contributed by atoms with Gasteiger partial charge in [-0.2, -0.15) is 0 Å². The van der Waals surface area contributed by atoms with Gasteiger partial charge >= 0.3 is 0 Å². The molecule has 0 aliphatic carbocycles. The predicted octanol–water partition coefficient (Wildman–Crippen LogP) is 6.45. The van der Waals surface area contributed by atoms with Crippen LogP contribution in [0.5, 0.6) is 0 Å². The van der Waals surface area contributed by atoms with Crippen molar-refractivity contribution in [2.45, 2.75) is 4.90 Å². The molecule has 0 unspecified atom stereocenters. The van der Waals surface area contributed by atoms with E-state index in [2.05, 4.69) is 21.5 Å². The van der Waals surface area contributed by atoms with Gasteiger partial charge in [0.1, 0.15) is 5.65 Å². The fraction of sp³-hybridized carbons (Fsp3) is 0.0417. The third kappa shape index (κ3) is 3.90. The van der Waals surface area contributed by atoms with Crippen LogP contribution in [0.4, 0.5) is 0 Å². The third-order valence-corrected chi connectivity index (χ3v) is 7.61. The molecule has 0 radical (unpaired) electrons. The van der Waals surface area contributed by atoms with Gasteiger partial charge < -0.3 is 0 Å². The Labute approximate surface area is 189 Å². The SMILES string of the molecule is CS(=O)(=O)c1ccc(-c2ccc3ncc(-c4ccc(-c5cccc(Cl)c5)s4)n3c2)cc1. The first kappa shape index (κ1) is 20.0. The Morgan fingerprint density at radius 1 is 0.871 bits per heavy atom. The summed E-state index contributed by atoms with van der Waals surface area (Å²) in [5.41, 5.74) is 4.87. The van der Waals surface area contributed by atoms with Crippen LogP contribution in [0.1, 0.15) is 0 Å². The quantitative estimate of drug-likeness (QED) is 0.307. The molecule has 0 amide bonds. The summed E-state index contributed by atoms with van der Waals surface area (Å²) in [6.45, 7) is 0. The van der Waals surface area contributed by atoms with Crippen LogP contribution >= 0.6 is 22.9 Å². The summed E-state index contributed by atoms with van der Waals surface area (Å²) in [5, 5.41) is 0.716.